The van der Waals surface area contributed by atoms with Crippen LogP contribution in [-0.4, -0.2) is 23.8 Å². The Kier molecular flexibility index (Phi) is 6.95. The molecule has 3 amide bonds. The number of rotatable bonds is 5. The molecule has 34 heavy (non-hydrogen) atoms. The van der Waals surface area contributed by atoms with Gasteiger partial charge in [-0.3, -0.25) is 19.3 Å². The number of carbonyl (C=O) groups excluding carboxylic acids is 3. The van der Waals surface area contributed by atoms with Crippen LogP contribution in [0.2, 0.25) is 10.0 Å². The lowest BCUT2D eigenvalue weighted by atomic mass is 10.0. The van der Waals surface area contributed by atoms with Gasteiger partial charge in [0.15, 0.2) is 0 Å². The number of hydrogen-bond donors (Lipinski definition) is 2. The van der Waals surface area contributed by atoms with Gasteiger partial charge in [0.25, 0.3) is 5.91 Å². The van der Waals surface area contributed by atoms with Crippen molar-refractivity contribution in [2.24, 2.45) is 0 Å². The summed E-state index contributed by atoms with van der Waals surface area (Å²) in [5.74, 6) is -1.95. The minimum Gasteiger partial charge on any atom is -0.326 e. The lowest BCUT2D eigenvalue weighted by Crippen LogP contribution is -2.52. The molecule has 1 unspecified atom stereocenters. The third-order valence-corrected chi connectivity index (χ3v) is 5.71. The van der Waals surface area contributed by atoms with Gasteiger partial charge in [0, 0.05) is 21.8 Å². The van der Waals surface area contributed by atoms with Gasteiger partial charge in [-0.05, 0) is 60.2 Å². The van der Waals surface area contributed by atoms with Crippen molar-refractivity contribution in [1.82, 2.24) is 0 Å². The third-order valence-electron chi connectivity index (χ3n) is 5.15. The van der Waals surface area contributed by atoms with Crippen LogP contribution in [0.25, 0.3) is 6.08 Å². The first-order valence-electron chi connectivity index (χ1n) is 10.2. The normalized spacial score (nSPS) is 15.1. The molecule has 3 aromatic rings. The van der Waals surface area contributed by atoms with Crippen LogP contribution in [0.4, 0.5) is 21.5 Å². The van der Waals surface area contributed by atoms with E-state index in [4.69, 9.17) is 23.2 Å². The molecule has 0 bridgehead atoms. The molecule has 1 atom stereocenters. The summed E-state index contributed by atoms with van der Waals surface area (Å²) >= 11 is 12.1. The lowest BCUT2D eigenvalue weighted by Gasteiger charge is -2.35. The molecular weight excluding hydrogens is 480 g/mol. The minimum absolute atomic E-state index is 0.307. The fourth-order valence-corrected chi connectivity index (χ4v) is 4.02. The Balaban J connectivity index is 1.60. The summed E-state index contributed by atoms with van der Waals surface area (Å²) < 4.78 is 13.1. The van der Waals surface area contributed by atoms with E-state index in [-0.39, 0.29) is 6.42 Å². The molecule has 1 aliphatic heterocycles. The molecule has 4 rings (SSSR count). The standard InChI is InChI=1S/C25H18Cl2FN3O3/c26-16-7-5-15(19(27)13-16)6-12-24(33)31-21-4-2-1-3-20(21)30-25(34)22(31)14-23(32)29-18-10-8-17(28)9-11-18/h1-13,22H,14H2,(H,29,32)(H,30,34)/b12-6+. The number of nitrogens with zero attached hydrogens (tertiary/aromatic N) is 1. The monoisotopic (exact) mass is 497 g/mol. The van der Waals surface area contributed by atoms with Crippen LogP contribution in [0.15, 0.2) is 72.8 Å². The molecule has 2 N–H and O–H groups in total. The highest BCUT2D eigenvalue weighted by Crippen LogP contribution is 2.33. The molecule has 0 radical (unpaired) electrons. The van der Waals surface area contributed by atoms with Gasteiger partial charge in [0.05, 0.1) is 17.8 Å². The zero-order chi connectivity index (χ0) is 24.2. The molecule has 3 aromatic carbocycles. The second-order valence-electron chi connectivity index (χ2n) is 7.49. The first kappa shape index (κ1) is 23.5. The molecule has 0 saturated carbocycles. The quantitative estimate of drug-likeness (QED) is 0.455. The van der Waals surface area contributed by atoms with E-state index in [9.17, 15) is 18.8 Å². The van der Waals surface area contributed by atoms with Crippen LogP contribution < -0.4 is 15.5 Å². The summed E-state index contributed by atoms with van der Waals surface area (Å²) in [5.41, 5.74) is 1.85. The first-order chi connectivity index (χ1) is 16.3. The van der Waals surface area contributed by atoms with Gasteiger partial charge in [-0.2, -0.15) is 0 Å². The molecular formula is C25H18Cl2FN3O3. The number of nitrogens with one attached hydrogen (secondary N) is 2. The van der Waals surface area contributed by atoms with Crippen molar-refractivity contribution >= 4 is 64.1 Å². The molecule has 0 fully saturated rings. The number of halogens is 3. The summed E-state index contributed by atoms with van der Waals surface area (Å²) in [6.07, 6.45) is 2.50. The lowest BCUT2D eigenvalue weighted by molar-refractivity contribution is -0.124. The summed E-state index contributed by atoms with van der Waals surface area (Å²) in [6, 6.07) is 15.8. The van der Waals surface area contributed by atoms with E-state index < -0.39 is 29.6 Å². The Bertz CT molecular complexity index is 1290. The number of anilines is 3. The van der Waals surface area contributed by atoms with E-state index in [0.29, 0.717) is 32.7 Å². The third kappa shape index (κ3) is 5.27. The van der Waals surface area contributed by atoms with Crippen LogP contribution >= 0.6 is 23.2 Å². The van der Waals surface area contributed by atoms with Crippen molar-refractivity contribution in [3.05, 3.63) is 94.2 Å². The second-order valence-corrected chi connectivity index (χ2v) is 8.33. The SMILES string of the molecule is O=C(CC1C(=O)Nc2ccccc2N1C(=O)/C=C/c1ccc(Cl)cc1Cl)Nc1ccc(F)cc1. The maximum absolute atomic E-state index is 13.3. The van der Waals surface area contributed by atoms with Crippen molar-refractivity contribution in [2.75, 3.05) is 15.5 Å². The molecule has 9 heteroatoms. The van der Waals surface area contributed by atoms with Gasteiger partial charge in [-0.25, -0.2) is 4.39 Å². The van der Waals surface area contributed by atoms with Gasteiger partial charge < -0.3 is 10.6 Å². The Morgan fingerprint density at radius 3 is 2.53 bits per heavy atom. The van der Waals surface area contributed by atoms with E-state index in [0.717, 1.165) is 0 Å². The number of amides is 3. The van der Waals surface area contributed by atoms with Gasteiger partial charge >= 0.3 is 0 Å². The first-order valence-corrected chi connectivity index (χ1v) is 11.0. The summed E-state index contributed by atoms with van der Waals surface area (Å²) in [4.78, 5) is 40.1. The smallest absolute Gasteiger partial charge is 0.251 e. The van der Waals surface area contributed by atoms with Crippen LogP contribution in [-0.2, 0) is 14.4 Å². The maximum Gasteiger partial charge on any atom is 0.251 e. The highest BCUT2D eigenvalue weighted by Gasteiger charge is 2.37. The van der Waals surface area contributed by atoms with Crippen molar-refractivity contribution in [3.63, 3.8) is 0 Å². The Morgan fingerprint density at radius 2 is 1.79 bits per heavy atom. The second kappa shape index (κ2) is 10.1. The van der Waals surface area contributed by atoms with Crippen LogP contribution in [0.1, 0.15) is 12.0 Å². The van der Waals surface area contributed by atoms with Crippen LogP contribution in [0.3, 0.4) is 0 Å². The van der Waals surface area contributed by atoms with E-state index in [2.05, 4.69) is 10.6 Å². The van der Waals surface area contributed by atoms with E-state index in [1.807, 2.05) is 0 Å². The average molecular weight is 498 g/mol. The zero-order valence-electron chi connectivity index (χ0n) is 17.6. The molecule has 1 aliphatic rings. The molecule has 0 aliphatic carbocycles. The predicted octanol–water partition coefficient (Wildman–Crippen LogP) is 5.53. The predicted molar refractivity (Wildman–Crippen MR) is 131 cm³/mol. The Labute approximate surface area is 205 Å². The van der Waals surface area contributed by atoms with E-state index in [1.165, 1.54) is 41.3 Å². The number of carbonyl (C=O) groups is 3. The molecule has 0 aromatic heterocycles. The molecule has 172 valence electrons. The maximum atomic E-state index is 13.3. The fourth-order valence-electron chi connectivity index (χ4n) is 3.55. The zero-order valence-corrected chi connectivity index (χ0v) is 19.1. The van der Waals surface area contributed by atoms with Crippen molar-refractivity contribution < 1.29 is 18.8 Å². The molecule has 1 heterocycles. The average Bonchev–Trinajstić information content (AvgIpc) is 2.80. The van der Waals surface area contributed by atoms with E-state index >= 15 is 0 Å². The van der Waals surface area contributed by atoms with Gasteiger partial charge in [-0.1, -0.05) is 41.4 Å². The summed E-state index contributed by atoms with van der Waals surface area (Å²) in [6.45, 7) is 0. The van der Waals surface area contributed by atoms with Crippen molar-refractivity contribution in [3.8, 4) is 0 Å². The molecule has 0 spiro atoms. The minimum atomic E-state index is -1.10. The number of hydrogen-bond acceptors (Lipinski definition) is 3. The Hall–Kier alpha value is -3.68. The fraction of sp³-hybridized carbons (Fsp3) is 0.0800. The summed E-state index contributed by atoms with van der Waals surface area (Å²) in [5, 5.41) is 6.18. The van der Waals surface area contributed by atoms with Crippen LogP contribution in [0.5, 0.6) is 0 Å². The van der Waals surface area contributed by atoms with Gasteiger partial charge in [0.2, 0.25) is 11.8 Å². The highest BCUT2D eigenvalue weighted by molar-refractivity contribution is 6.35. The van der Waals surface area contributed by atoms with Crippen molar-refractivity contribution in [2.45, 2.75) is 12.5 Å². The molecule has 6 nitrogen and oxygen atoms in total. The van der Waals surface area contributed by atoms with Crippen LogP contribution in [0, 0.1) is 5.82 Å². The number of para-hydroxylation sites is 2. The molecule has 0 saturated heterocycles. The topological polar surface area (TPSA) is 78.5 Å². The highest BCUT2D eigenvalue weighted by atomic mass is 35.5. The number of fused-ring (bicyclic) bond motifs is 1. The largest absolute Gasteiger partial charge is 0.326 e. The van der Waals surface area contributed by atoms with Crippen molar-refractivity contribution in [1.29, 1.82) is 0 Å². The summed E-state index contributed by atoms with van der Waals surface area (Å²) in [7, 11) is 0. The van der Waals surface area contributed by atoms with Gasteiger partial charge in [0.1, 0.15) is 11.9 Å². The van der Waals surface area contributed by atoms with E-state index in [1.54, 1.807) is 42.5 Å². The number of benzene rings is 3. The van der Waals surface area contributed by atoms with Gasteiger partial charge in [-0.15, -0.1) is 0 Å². The Morgan fingerprint density at radius 1 is 1.06 bits per heavy atom.